The summed E-state index contributed by atoms with van der Waals surface area (Å²) in [6.45, 7) is 5.29. The van der Waals surface area contributed by atoms with Crippen molar-refractivity contribution in [3.63, 3.8) is 0 Å². The lowest BCUT2D eigenvalue weighted by molar-refractivity contribution is -0.130. The number of rotatable bonds is 6. The van der Waals surface area contributed by atoms with Crippen molar-refractivity contribution in [3.8, 4) is 0 Å². The third-order valence-corrected chi connectivity index (χ3v) is 4.00. The first kappa shape index (κ1) is 19.7. The van der Waals surface area contributed by atoms with Gasteiger partial charge in [0.05, 0.1) is 11.3 Å². The number of amides is 1. The molecule has 0 atom stereocenters. The van der Waals surface area contributed by atoms with Gasteiger partial charge in [-0.3, -0.25) is 5.32 Å². The zero-order chi connectivity index (χ0) is 19.2. The zero-order valence-corrected chi connectivity index (χ0v) is 15.8. The van der Waals surface area contributed by atoms with E-state index in [9.17, 15) is 14.7 Å². The zero-order valence-electron chi connectivity index (χ0n) is 15.0. The summed E-state index contributed by atoms with van der Waals surface area (Å²) in [6.07, 6.45) is 2.35. The van der Waals surface area contributed by atoms with Crippen LogP contribution < -0.4 is 5.32 Å². The summed E-state index contributed by atoms with van der Waals surface area (Å²) >= 11 is 1.15. The number of aromatic nitrogens is 1. The Bertz CT molecular complexity index is 791. The number of thiazole rings is 1. The average Bonchev–Trinajstić information content (AvgIpc) is 2.98. The van der Waals surface area contributed by atoms with Crippen molar-refractivity contribution >= 4 is 34.1 Å². The minimum Gasteiger partial charge on any atom is -0.478 e. The fourth-order valence-corrected chi connectivity index (χ4v) is 2.87. The number of hydrogen-bond acceptors (Lipinski definition) is 5. The highest BCUT2D eigenvalue weighted by molar-refractivity contribution is 7.14. The molecule has 1 aromatic heterocycles. The maximum Gasteiger partial charge on any atom is 0.413 e. The molecule has 1 heterocycles. The maximum absolute atomic E-state index is 11.8. The van der Waals surface area contributed by atoms with Gasteiger partial charge in [-0.1, -0.05) is 36.4 Å². The second-order valence-electron chi connectivity index (χ2n) is 6.61. The Balaban J connectivity index is 2.04. The van der Waals surface area contributed by atoms with E-state index in [1.54, 1.807) is 32.2 Å². The Kier molecular flexibility index (Phi) is 6.52. The summed E-state index contributed by atoms with van der Waals surface area (Å²) in [5.41, 5.74) is 0.961. The molecular formula is C19H22N2O4S. The Morgan fingerprint density at radius 3 is 2.58 bits per heavy atom. The van der Waals surface area contributed by atoms with Crippen molar-refractivity contribution in [2.24, 2.45) is 0 Å². The molecule has 0 aliphatic heterocycles. The van der Waals surface area contributed by atoms with E-state index >= 15 is 0 Å². The molecule has 0 radical (unpaired) electrons. The van der Waals surface area contributed by atoms with Crippen LogP contribution >= 0.6 is 11.3 Å². The number of carbonyl (C=O) groups is 2. The number of carbonyl (C=O) groups excluding carboxylic acids is 1. The van der Waals surface area contributed by atoms with Crippen LogP contribution in [-0.2, 0) is 16.0 Å². The van der Waals surface area contributed by atoms with Crippen molar-refractivity contribution < 1.29 is 19.4 Å². The Morgan fingerprint density at radius 1 is 1.27 bits per heavy atom. The Morgan fingerprint density at radius 2 is 1.96 bits per heavy atom. The van der Waals surface area contributed by atoms with Crippen LogP contribution in [0.15, 0.2) is 41.8 Å². The number of aryl methyl sites for hydroxylation is 1. The number of ether oxygens (including phenoxy) is 1. The van der Waals surface area contributed by atoms with Crippen molar-refractivity contribution in [1.29, 1.82) is 0 Å². The smallest absolute Gasteiger partial charge is 0.413 e. The first-order chi connectivity index (χ1) is 12.2. The Hall–Kier alpha value is -2.67. The number of anilines is 1. The summed E-state index contributed by atoms with van der Waals surface area (Å²) in [5, 5.41) is 13.9. The molecule has 26 heavy (non-hydrogen) atoms. The van der Waals surface area contributed by atoms with E-state index in [2.05, 4.69) is 10.3 Å². The van der Waals surface area contributed by atoms with Gasteiger partial charge in [0.1, 0.15) is 5.60 Å². The van der Waals surface area contributed by atoms with Crippen LogP contribution in [0.4, 0.5) is 9.93 Å². The van der Waals surface area contributed by atoms with Gasteiger partial charge in [0.2, 0.25) is 0 Å². The van der Waals surface area contributed by atoms with Crippen molar-refractivity contribution in [2.75, 3.05) is 5.32 Å². The molecule has 0 bridgehead atoms. The highest BCUT2D eigenvalue weighted by Crippen LogP contribution is 2.23. The summed E-state index contributed by atoms with van der Waals surface area (Å²) in [7, 11) is 0. The third-order valence-electron chi connectivity index (χ3n) is 3.24. The molecule has 2 N–H and O–H groups in total. The number of carboxylic acid groups (broad SMARTS) is 1. The lowest BCUT2D eigenvalue weighted by atomic mass is 10.1. The molecule has 0 saturated heterocycles. The average molecular weight is 374 g/mol. The predicted octanol–water partition coefficient (Wildman–Crippen LogP) is 4.59. The number of hydrogen-bond donors (Lipinski definition) is 2. The summed E-state index contributed by atoms with van der Waals surface area (Å²) in [5.74, 6) is -1.05. The van der Waals surface area contributed by atoms with Gasteiger partial charge in [-0.05, 0) is 39.2 Å². The molecule has 2 rings (SSSR count). The molecular weight excluding hydrogens is 352 g/mol. The molecule has 6 nitrogen and oxygen atoms in total. The molecule has 0 aliphatic rings. The number of allylic oxidation sites excluding steroid dienone is 1. The van der Waals surface area contributed by atoms with Gasteiger partial charge >= 0.3 is 12.1 Å². The molecule has 7 heteroatoms. The van der Waals surface area contributed by atoms with E-state index < -0.39 is 17.7 Å². The van der Waals surface area contributed by atoms with E-state index in [0.29, 0.717) is 17.2 Å². The number of carboxylic acids is 1. The van der Waals surface area contributed by atoms with Crippen LogP contribution in [0.25, 0.3) is 5.57 Å². The van der Waals surface area contributed by atoms with Crippen LogP contribution in [0.2, 0.25) is 0 Å². The van der Waals surface area contributed by atoms with Crippen molar-refractivity contribution in [1.82, 2.24) is 4.98 Å². The topological polar surface area (TPSA) is 88.5 Å². The molecule has 1 aromatic carbocycles. The van der Waals surface area contributed by atoms with Crippen LogP contribution in [0.3, 0.4) is 0 Å². The second kappa shape index (κ2) is 8.62. The normalized spacial score (nSPS) is 11.9. The maximum atomic E-state index is 11.8. The van der Waals surface area contributed by atoms with E-state index in [-0.39, 0.29) is 5.57 Å². The fraction of sp³-hybridized carbons (Fsp3) is 0.316. The third kappa shape index (κ3) is 6.33. The molecule has 138 valence electrons. The minimum absolute atomic E-state index is 0.120. The molecule has 0 unspecified atom stereocenters. The SMILES string of the molecule is CC(C)(C)OC(=O)Nc1nc(C(=CCCc2ccccc2)C(=O)O)cs1. The summed E-state index contributed by atoms with van der Waals surface area (Å²) in [6, 6.07) is 9.84. The molecule has 0 saturated carbocycles. The molecule has 0 aliphatic carbocycles. The first-order valence-electron chi connectivity index (χ1n) is 8.18. The number of nitrogens with zero attached hydrogens (tertiary/aromatic N) is 1. The summed E-state index contributed by atoms with van der Waals surface area (Å²) in [4.78, 5) is 27.5. The monoisotopic (exact) mass is 374 g/mol. The Labute approximate surface area is 156 Å². The lowest BCUT2D eigenvalue weighted by Gasteiger charge is -2.18. The molecule has 0 spiro atoms. The highest BCUT2D eigenvalue weighted by Gasteiger charge is 2.19. The largest absolute Gasteiger partial charge is 0.478 e. The molecule has 2 aromatic rings. The van der Waals surface area contributed by atoms with Crippen LogP contribution in [0.5, 0.6) is 0 Å². The quantitative estimate of drug-likeness (QED) is 0.722. The first-order valence-corrected chi connectivity index (χ1v) is 9.06. The predicted molar refractivity (Wildman–Crippen MR) is 102 cm³/mol. The van der Waals surface area contributed by atoms with Crippen LogP contribution in [0, 0.1) is 0 Å². The number of nitrogens with one attached hydrogen (secondary N) is 1. The van der Waals surface area contributed by atoms with E-state index in [0.717, 1.165) is 23.3 Å². The van der Waals surface area contributed by atoms with Gasteiger partial charge in [0, 0.05) is 5.38 Å². The van der Waals surface area contributed by atoms with Crippen molar-refractivity contribution in [3.05, 3.63) is 53.0 Å². The summed E-state index contributed by atoms with van der Waals surface area (Å²) < 4.78 is 5.16. The minimum atomic E-state index is -1.05. The second-order valence-corrected chi connectivity index (χ2v) is 7.47. The van der Waals surface area contributed by atoms with Crippen LogP contribution in [-0.4, -0.2) is 27.8 Å². The van der Waals surface area contributed by atoms with Crippen molar-refractivity contribution in [2.45, 2.75) is 39.2 Å². The van der Waals surface area contributed by atoms with E-state index in [4.69, 9.17) is 4.74 Å². The molecule has 0 fully saturated rings. The standard InChI is InChI=1S/C19H22N2O4S/c1-19(2,3)25-18(24)21-17-20-15(12-26-17)14(16(22)23)11-7-10-13-8-5-4-6-9-13/h4-6,8-9,11-12H,7,10H2,1-3H3,(H,22,23)(H,20,21,24). The van der Waals surface area contributed by atoms with Gasteiger partial charge in [-0.25, -0.2) is 14.6 Å². The van der Waals surface area contributed by atoms with Crippen LogP contribution in [0.1, 0.15) is 38.4 Å². The van der Waals surface area contributed by atoms with Gasteiger partial charge in [-0.2, -0.15) is 0 Å². The molecule has 1 amide bonds. The van der Waals surface area contributed by atoms with Gasteiger partial charge in [-0.15, -0.1) is 11.3 Å². The van der Waals surface area contributed by atoms with Gasteiger partial charge in [0.15, 0.2) is 5.13 Å². The number of aliphatic carboxylic acids is 1. The van der Waals surface area contributed by atoms with Gasteiger partial charge in [0.25, 0.3) is 0 Å². The fourth-order valence-electron chi connectivity index (χ4n) is 2.18. The number of benzene rings is 1. The highest BCUT2D eigenvalue weighted by atomic mass is 32.1. The van der Waals surface area contributed by atoms with E-state index in [1.165, 1.54) is 0 Å². The lowest BCUT2D eigenvalue weighted by Crippen LogP contribution is -2.27. The van der Waals surface area contributed by atoms with Gasteiger partial charge < -0.3 is 9.84 Å². The van der Waals surface area contributed by atoms with E-state index in [1.807, 2.05) is 30.3 Å².